The molecule has 1 amide bonds. The molecule has 0 radical (unpaired) electrons. The summed E-state index contributed by atoms with van der Waals surface area (Å²) in [5.74, 6) is -0.325. The SMILES string of the molecule is O=C(CCCCCCN1C=CC=NC1N1CCOC(CO)C1)NO. The number of unbranched alkanes of at least 4 members (excludes halogenated alkanes) is 3. The minimum atomic E-state index is -0.325. The summed E-state index contributed by atoms with van der Waals surface area (Å²) < 4.78 is 5.51. The number of hydrogen-bond acceptors (Lipinski definition) is 7. The van der Waals surface area contributed by atoms with Gasteiger partial charge in [-0.15, -0.1) is 0 Å². The Labute approximate surface area is 142 Å². The minimum absolute atomic E-state index is 0.0319. The highest BCUT2D eigenvalue weighted by Crippen LogP contribution is 2.17. The van der Waals surface area contributed by atoms with Crippen molar-refractivity contribution in [1.29, 1.82) is 0 Å². The van der Waals surface area contributed by atoms with Crippen molar-refractivity contribution in [3.8, 4) is 0 Å². The number of nitrogens with one attached hydrogen (secondary N) is 1. The number of aliphatic imine (C=N–C) groups is 1. The van der Waals surface area contributed by atoms with Crippen molar-refractivity contribution in [3.05, 3.63) is 12.3 Å². The molecule has 2 unspecified atom stereocenters. The second kappa shape index (κ2) is 10.4. The summed E-state index contributed by atoms with van der Waals surface area (Å²) in [7, 11) is 0. The third-order valence-corrected chi connectivity index (χ3v) is 4.27. The van der Waals surface area contributed by atoms with E-state index < -0.39 is 0 Å². The molecule has 0 bridgehead atoms. The summed E-state index contributed by atoms with van der Waals surface area (Å²) in [6, 6.07) is 0. The molecule has 0 aliphatic carbocycles. The van der Waals surface area contributed by atoms with Gasteiger partial charge in [0.05, 0.1) is 19.3 Å². The Morgan fingerprint density at radius 3 is 2.96 bits per heavy atom. The quantitative estimate of drug-likeness (QED) is 0.318. The molecule has 8 heteroatoms. The lowest BCUT2D eigenvalue weighted by Crippen LogP contribution is -2.54. The predicted molar refractivity (Wildman–Crippen MR) is 89.5 cm³/mol. The highest BCUT2D eigenvalue weighted by molar-refractivity contribution is 5.74. The zero-order chi connectivity index (χ0) is 17.2. The van der Waals surface area contributed by atoms with E-state index in [1.807, 2.05) is 12.3 Å². The molecule has 2 rings (SSSR count). The molecule has 0 spiro atoms. The third-order valence-electron chi connectivity index (χ3n) is 4.27. The van der Waals surface area contributed by atoms with Crippen LogP contribution in [0.5, 0.6) is 0 Å². The van der Waals surface area contributed by atoms with Crippen LogP contribution in [0.4, 0.5) is 0 Å². The molecule has 0 saturated carbocycles. The predicted octanol–water partition coefficient (Wildman–Crippen LogP) is 0.319. The van der Waals surface area contributed by atoms with Crippen LogP contribution in [0.25, 0.3) is 0 Å². The Balaban J connectivity index is 1.71. The van der Waals surface area contributed by atoms with Gasteiger partial charge in [-0.25, -0.2) is 5.48 Å². The second-order valence-corrected chi connectivity index (χ2v) is 6.09. The highest BCUT2D eigenvalue weighted by atomic mass is 16.5. The standard InChI is InChI=1S/C16H28N4O4/c21-13-14-12-20(10-11-24-14)16-17-7-5-9-19(16)8-4-2-1-3-6-15(22)18-23/h5,7,9,14,16,21,23H,1-4,6,8,10-13H2,(H,18,22). The fourth-order valence-electron chi connectivity index (χ4n) is 2.98. The number of ether oxygens (including phenoxy) is 1. The topological polar surface area (TPSA) is 97.6 Å². The van der Waals surface area contributed by atoms with Crippen molar-refractivity contribution < 1.29 is 19.8 Å². The molecule has 8 nitrogen and oxygen atoms in total. The largest absolute Gasteiger partial charge is 0.394 e. The van der Waals surface area contributed by atoms with Gasteiger partial charge in [0.25, 0.3) is 0 Å². The normalized spacial score (nSPS) is 24.3. The van der Waals surface area contributed by atoms with E-state index in [0.717, 1.165) is 38.8 Å². The number of morpholine rings is 1. The van der Waals surface area contributed by atoms with Crippen molar-refractivity contribution in [3.63, 3.8) is 0 Å². The molecule has 24 heavy (non-hydrogen) atoms. The average molecular weight is 340 g/mol. The Morgan fingerprint density at radius 1 is 1.33 bits per heavy atom. The first-order chi connectivity index (χ1) is 11.7. The van der Waals surface area contributed by atoms with Crippen LogP contribution in [0.15, 0.2) is 17.3 Å². The molecule has 2 atom stereocenters. The van der Waals surface area contributed by atoms with Crippen LogP contribution in [0.1, 0.15) is 32.1 Å². The first-order valence-electron chi connectivity index (χ1n) is 8.59. The molecule has 2 aliphatic rings. The lowest BCUT2D eigenvalue weighted by atomic mass is 10.1. The van der Waals surface area contributed by atoms with Crippen LogP contribution < -0.4 is 5.48 Å². The molecule has 0 aromatic rings. The number of nitrogens with zero attached hydrogens (tertiary/aromatic N) is 3. The summed E-state index contributed by atoms with van der Waals surface area (Å²) in [6.07, 6.45) is 9.79. The van der Waals surface area contributed by atoms with Gasteiger partial charge in [-0.1, -0.05) is 12.8 Å². The molecule has 136 valence electrons. The molecular weight excluding hydrogens is 312 g/mol. The van der Waals surface area contributed by atoms with E-state index in [2.05, 4.69) is 21.0 Å². The maximum atomic E-state index is 10.9. The number of rotatable bonds is 9. The number of aliphatic hydroxyl groups excluding tert-OH is 1. The van der Waals surface area contributed by atoms with Gasteiger partial charge in [0, 0.05) is 38.5 Å². The summed E-state index contributed by atoms with van der Waals surface area (Å²) in [4.78, 5) is 19.9. The fourth-order valence-corrected chi connectivity index (χ4v) is 2.98. The molecular formula is C16H28N4O4. The lowest BCUT2D eigenvalue weighted by Gasteiger charge is -2.41. The van der Waals surface area contributed by atoms with Crippen LogP contribution in [-0.4, -0.2) is 77.5 Å². The summed E-state index contributed by atoms with van der Waals surface area (Å²) in [6.45, 7) is 3.02. The Morgan fingerprint density at radius 2 is 2.17 bits per heavy atom. The highest BCUT2D eigenvalue weighted by Gasteiger charge is 2.28. The molecule has 1 saturated heterocycles. The van der Waals surface area contributed by atoms with Gasteiger partial charge in [-0.2, -0.15) is 0 Å². The number of hydroxylamine groups is 1. The summed E-state index contributed by atoms with van der Waals surface area (Å²) in [5.41, 5.74) is 1.65. The van der Waals surface area contributed by atoms with Crippen LogP contribution in [0, 0.1) is 0 Å². The average Bonchev–Trinajstić information content (AvgIpc) is 2.64. The van der Waals surface area contributed by atoms with Gasteiger partial charge < -0.3 is 14.7 Å². The minimum Gasteiger partial charge on any atom is -0.394 e. The molecule has 0 aromatic heterocycles. The van der Waals surface area contributed by atoms with Gasteiger partial charge in [0.2, 0.25) is 5.91 Å². The van der Waals surface area contributed by atoms with E-state index in [-0.39, 0.29) is 24.9 Å². The van der Waals surface area contributed by atoms with E-state index in [9.17, 15) is 9.90 Å². The molecule has 1 fully saturated rings. The van der Waals surface area contributed by atoms with Gasteiger partial charge >= 0.3 is 0 Å². The van der Waals surface area contributed by atoms with Crippen molar-refractivity contribution in [2.24, 2.45) is 4.99 Å². The molecule has 3 N–H and O–H groups in total. The number of carbonyl (C=O) groups excluding carboxylic acids is 1. The van der Waals surface area contributed by atoms with Crippen molar-refractivity contribution in [2.45, 2.75) is 44.5 Å². The first kappa shape index (κ1) is 18.9. The van der Waals surface area contributed by atoms with E-state index in [1.54, 1.807) is 5.48 Å². The molecule has 2 aliphatic heterocycles. The van der Waals surface area contributed by atoms with Crippen molar-refractivity contribution >= 4 is 12.1 Å². The first-order valence-corrected chi connectivity index (χ1v) is 8.59. The number of carbonyl (C=O) groups is 1. The fraction of sp³-hybridized carbons (Fsp3) is 0.750. The van der Waals surface area contributed by atoms with Crippen molar-refractivity contribution in [1.82, 2.24) is 15.3 Å². The van der Waals surface area contributed by atoms with E-state index in [0.29, 0.717) is 19.6 Å². The van der Waals surface area contributed by atoms with Crippen LogP contribution in [0.2, 0.25) is 0 Å². The zero-order valence-corrected chi connectivity index (χ0v) is 14.0. The number of allylic oxidation sites excluding steroid dienone is 1. The smallest absolute Gasteiger partial charge is 0.243 e. The van der Waals surface area contributed by atoms with Gasteiger partial charge in [-0.05, 0) is 18.9 Å². The summed E-state index contributed by atoms with van der Waals surface area (Å²) >= 11 is 0. The molecule has 2 heterocycles. The number of amides is 1. The zero-order valence-electron chi connectivity index (χ0n) is 14.0. The van der Waals surface area contributed by atoms with Crippen molar-refractivity contribution in [2.75, 3.05) is 32.8 Å². The Hall–Kier alpha value is -1.48. The van der Waals surface area contributed by atoms with E-state index in [1.165, 1.54) is 0 Å². The number of aliphatic hydroxyl groups is 1. The van der Waals surface area contributed by atoms with Crippen LogP contribution in [-0.2, 0) is 9.53 Å². The monoisotopic (exact) mass is 340 g/mol. The lowest BCUT2D eigenvalue weighted by molar-refractivity contribution is -0.129. The summed E-state index contributed by atoms with van der Waals surface area (Å²) in [5, 5.41) is 17.7. The van der Waals surface area contributed by atoms with E-state index >= 15 is 0 Å². The third kappa shape index (κ3) is 5.86. The van der Waals surface area contributed by atoms with Gasteiger partial charge in [-0.3, -0.25) is 19.9 Å². The number of hydrogen-bond donors (Lipinski definition) is 3. The van der Waals surface area contributed by atoms with Gasteiger partial charge in [0.1, 0.15) is 0 Å². The second-order valence-electron chi connectivity index (χ2n) is 6.09. The maximum absolute atomic E-state index is 10.9. The van der Waals surface area contributed by atoms with E-state index in [4.69, 9.17) is 9.94 Å². The maximum Gasteiger partial charge on any atom is 0.243 e. The Bertz CT molecular complexity index is 444. The van der Waals surface area contributed by atoms with Crippen LogP contribution >= 0.6 is 0 Å². The molecule has 0 aromatic carbocycles. The van der Waals surface area contributed by atoms with Crippen LogP contribution in [0.3, 0.4) is 0 Å². The Kier molecular flexibility index (Phi) is 8.17. The van der Waals surface area contributed by atoms with Gasteiger partial charge in [0.15, 0.2) is 6.29 Å².